The molecule has 1 atom stereocenters. The fourth-order valence-electron chi connectivity index (χ4n) is 3.85. The number of aliphatic hydroxyl groups is 1. The van der Waals surface area contributed by atoms with Gasteiger partial charge in [0.2, 0.25) is 11.9 Å². The number of rotatable bonds is 7. The molecule has 1 amide bonds. The highest BCUT2D eigenvalue weighted by atomic mass is 16.3. The highest BCUT2D eigenvalue weighted by Gasteiger charge is 2.19. The van der Waals surface area contributed by atoms with Gasteiger partial charge < -0.3 is 21.1 Å². The maximum Gasteiger partial charge on any atom is 0.229 e. The van der Waals surface area contributed by atoms with Gasteiger partial charge in [0.15, 0.2) is 5.82 Å². The molecule has 0 radical (unpaired) electrons. The summed E-state index contributed by atoms with van der Waals surface area (Å²) in [6.45, 7) is 1.69. The molecule has 5 rings (SSSR count). The molecular weight excluding hydrogens is 432 g/mol. The molecule has 0 saturated carbocycles. The van der Waals surface area contributed by atoms with Gasteiger partial charge in [-0.05, 0) is 42.7 Å². The van der Waals surface area contributed by atoms with Crippen LogP contribution in [0.1, 0.15) is 29.4 Å². The van der Waals surface area contributed by atoms with Gasteiger partial charge in [0.25, 0.3) is 0 Å². The summed E-state index contributed by atoms with van der Waals surface area (Å²) in [6.07, 6.45) is 2.80. The summed E-state index contributed by atoms with van der Waals surface area (Å²) in [7, 11) is 0. The van der Waals surface area contributed by atoms with E-state index >= 15 is 0 Å². The number of aromatic amines is 1. The minimum absolute atomic E-state index is 0.0295. The van der Waals surface area contributed by atoms with Gasteiger partial charge in [0.05, 0.1) is 18.2 Å². The molecule has 0 fully saturated rings. The summed E-state index contributed by atoms with van der Waals surface area (Å²) in [4.78, 5) is 25.2. The Morgan fingerprint density at radius 1 is 1.12 bits per heavy atom. The maximum atomic E-state index is 11.6. The summed E-state index contributed by atoms with van der Waals surface area (Å²) in [6, 6.07) is 15.0. The highest BCUT2D eigenvalue weighted by molar-refractivity contribution is 5.94. The minimum atomic E-state index is -0.380. The molecule has 4 aromatic rings. The molecule has 0 unspecified atom stereocenters. The molecule has 172 valence electrons. The zero-order chi connectivity index (χ0) is 23.5. The van der Waals surface area contributed by atoms with Crippen LogP contribution in [-0.4, -0.2) is 42.8 Å². The van der Waals surface area contributed by atoms with Crippen LogP contribution in [-0.2, 0) is 11.2 Å². The molecule has 0 spiro atoms. The molecule has 1 aliphatic rings. The van der Waals surface area contributed by atoms with Crippen LogP contribution >= 0.6 is 0 Å². The maximum absolute atomic E-state index is 11.6. The topological polar surface area (TPSA) is 141 Å². The Labute approximate surface area is 195 Å². The van der Waals surface area contributed by atoms with Crippen LogP contribution in [0.15, 0.2) is 54.7 Å². The molecule has 3 heterocycles. The Kier molecular flexibility index (Phi) is 5.88. The highest BCUT2D eigenvalue weighted by Crippen LogP contribution is 2.30. The third-order valence-electron chi connectivity index (χ3n) is 5.58. The number of carbonyl (C=O) groups is 1. The molecule has 10 heteroatoms. The van der Waals surface area contributed by atoms with Crippen molar-refractivity contribution in [3.63, 3.8) is 0 Å². The lowest BCUT2D eigenvalue weighted by atomic mass is 10.0. The summed E-state index contributed by atoms with van der Waals surface area (Å²) in [5.74, 6) is 2.03. The standard InChI is InChI=1S/C24H24N8O2/c1-14-26-23(32-31-14)18-12-25-24(27-17-8-9-19-16(11-17)7-10-21(34)28-19)30-22(18)29-20(13-33)15-5-3-2-4-6-15/h2-6,8-9,11-12,20,33H,7,10,13H2,1H3,(H,28,34)(H,26,31,32)(H2,25,27,29,30)/t20-/m1/s1. The monoisotopic (exact) mass is 456 g/mol. The number of aryl methyl sites for hydroxylation is 2. The number of hydrogen-bond acceptors (Lipinski definition) is 8. The van der Waals surface area contributed by atoms with E-state index in [1.165, 1.54) is 0 Å². The molecule has 10 nitrogen and oxygen atoms in total. The third-order valence-corrected chi connectivity index (χ3v) is 5.58. The van der Waals surface area contributed by atoms with E-state index in [1.54, 1.807) is 6.20 Å². The van der Waals surface area contributed by atoms with Crippen LogP contribution in [0.25, 0.3) is 11.4 Å². The Morgan fingerprint density at radius 2 is 1.97 bits per heavy atom. The lowest BCUT2D eigenvalue weighted by Crippen LogP contribution is -2.19. The van der Waals surface area contributed by atoms with Gasteiger partial charge in [0.1, 0.15) is 11.6 Å². The number of benzene rings is 2. The molecule has 5 N–H and O–H groups in total. The summed E-state index contributed by atoms with van der Waals surface area (Å²) in [5, 5.41) is 26.6. The second kappa shape index (κ2) is 9.28. The first-order valence-electron chi connectivity index (χ1n) is 11.0. The van der Waals surface area contributed by atoms with Crippen LogP contribution in [0.5, 0.6) is 0 Å². The Morgan fingerprint density at radius 3 is 2.74 bits per heavy atom. The first-order chi connectivity index (χ1) is 16.6. The Hall–Kier alpha value is -4.31. The molecule has 2 aromatic carbocycles. The predicted molar refractivity (Wildman–Crippen MR) is 129 cm³/mol. The van der Waals surface area contributed by atoms with Crippen molar-refractivity contribution in [2.24, 2.45) is 0 Å². The minimum Gasteiger partial charge on any atom is -0.394 e. The first-order valence-corrected chi connectivity index (χ1v) is 11.0. The smallest absolute Gasteiger partial charge is 0.229 e. The van der Waals surface area contributed by atoms with Gasteiger partial charge in [-0.3, -0.25) is 9.89 Å². The number of H-pyrrole nitrogens is 1. The molecule has 1 aliphatic heterocycles. The van der Waals surface area contributed by atoms with Gasteiger partial charge in [-0.1, -0.05) is 30.3 Å². The van der Waals surface area contributed by atoms with Gasteiger partial charge in [-0.25, -0.2) is 9.97 Å². The van der Waals surface area contributed by atoms with E-state index in [9.17, 15) is 9.90 Å². The molecular formula is C24H24N8O2. The number of fused-ring (bicyclic) bond motifs is 1. The van der Waals surface area contributed by atoms with E-state index in [2.05, 4.69) is 41.1 Å². The molecule has 2 aromatic heterocycles. The van der Waals surface area contributed by atoms with Crippen LogP contribution in [0, 0.1) is 6.92 Å². The van der Waals surface area contributed by atoms with Crippen molar-refractivity contribution in [1.82, 2.24) is 25.1 Å². The van der Waals surface area contributed by atoms with Crippen molar-refractivity contribution in [3.05, 3.63) is 71.7 Å². The Bertz CT molecular complexity index is 1320. The van der Waals surface area contributed by atoms with Gasteiger partial charge >= 0.3 is 0 Å². The van der Waals surface area contributed by atoms with Crippen molar-refractivity contribution in [2.75, 3.05) is 22.6 Å². The largest absolute Gasteiger partial charge is 0.394 e. The molecule has 0 saturated heterocycles. The molecule has 0 aliphatic carbocycles. The van der Waals surface area contributed by atoms with Crippen molar-refractivity contribution < 1.29 is 9.90 Å². The molecule has 34 heavy (non-hydrogen) atoms. The van der Waals surface area contributed by atoms with E-state index in [0.717, 1.165) is 22.5 Å². The summed E-state index contributed by atoms with van der Waals surface area (Å²) in [5.41, 5.74) is 4.22. The van der Waals surface area contributed by atoms with Crippen LogP contribution < -0.4 is 16.0 Å². The fraction of sp³-hybridized carbons (Fsp3) is 0.208. The second-order valence-electron chi connectivity index (χ2n) is 8.04. The number of nitrogens with zero attached hydrogens (tertiary/aromatic N) is 4. The van der Waals surface area contributed by atoms with Gasteiger partial charge in [0, 0.05) is 24.0 Å². The van der Waals surface area contributed by atoms with E-state index in [-0.39, 0.29) is 18.6 Å². The van der Waals surface area contributed by atoms with E-state index in [0.29, 0.717) is 41.8 Å². The zero-order valence-corrected chi connectivity index (χ0v) is 18.5. The van der Waals surface area contributed by atoms with Crippen LogP contribution in [0.2, 0.25) is 0 Å². The Balaban J connectivity index is 1.47. The second-order valence-corrected chi connectivity index (χ2v) is 8.04. The van der Waals surface area contributed by atoms with Crippen molar-refractivity contribution in [1.29, 1.82) is 0 Å². The predicted octanol–water partition coefficient (Wildman–Crippen LogP) is 3.34. The lowest BCUT2D eigenvalue weighted by Gasteiger charge is -2.20. The normalized spacial score (nSPS) is 13.6. The average Bonchev–Trinajstić information content (AvgIpc) is 3.29. The summed E-state index contributed by atoms with van der Waals surface area (Å²) >= 11 is 0. The number of hydrogen-bond donors (Lipinski definition) is 5. The summed E-state index contributed by atoms with van der Waals surface area (Å²) < 4.78 is 0. The van der Waals surface area contributed by atoms with Crippen LogP contribution in [0.4, 0.5) is 23.1 Å². The fourth-order valence-corrected chi connectivity index (χ4v) is 3.85. The first kappa shape index (κ1) is 21.5. The number of aliphatic hydroxyl groups excluding tert-OH is 1. The van der Waals surface area contributed by atoms with E-state index in [1.807, 2.05) is 55.5 Å². The van der Waals surface area contributed by atoms with Crippen LogP contribution in [0.3, 0.4) is 0 Å². The zero-order valence-electron chi connectivity index (χ0n) is 18.5. The number of nitrogens with one attached hydrogen (secondary N) is 4. The van der Waals surface area contributed by atoms with E-state index < -0.39 is 0 Å². The van der Waals surface area contributed by atoms with Crippen molar-refractivity contribution in [2.45, 2.75) is 25.8 Å². The quantitative estimate of drug-likeness (QED) is 0.285. The van der Waals surface area contributed by atoms with Crippen molar-refractivity contribution in [3.8, 4) is 11.4 Å². The number of carbonyl (C=O) groups excluding carboxylic acids is 1. The van der Waals surface area contributed by atoms with Gasteiger partial charge in [-0.2, -0.15) is 10.1 Å². The molecule has 0 bridgehead atoms. The average molecular weight is 457 g/mol. The number of anilines is 4. The lowest BCUT2D eigenvalue weighted by molar-refractivity contribution is -0.116. The third kappa shape index (κ3) is 4.57. The van der Waals surface area contributed by atoms with Crippen molar-refractivity contribution >= 4 is 29.0 Å². The van der Waals surface area contributed by atoms with Gasteiger partial charge in [-0.15, -0.1) is 0 Å². The SMILES string of the molecule is Cc1nc(-c2cnc(Nc3ccc4c(c3)CCC(=O)N4)nc2N[C@H](CO)c2ccccc2)n[nH]1. The number of amides is 1. The number of aromatic nitrogens is 5. The van der Waals surface area contributed by atoms with E-state index in [4.69, 9.17) is 0 Å².